The lowest BCUT2D eigenvalue weighted by Gasteiger charge is -2.21. The van der Waals surface area contributed by atoms with Crippen LogP contribution in [0.25, 0.3) is 10.9 Å². The number of nitrogens with zero attached hydrogens (tertiary/aromatic N) is 3. The van der Waals surface area contributed by atoms with E-state index in [2.05, 4.69) is 5.10 Å². The van der Waals surface area contributed by atoms with Crippen LogP contribution in [0.4, 0.5) is 14.5 Å². The summed E-state index contributed by atoms with van der Waals surface area (Å²) in [6.45, 7) is 0. The number of fused-ring (bicyclic) bond motifs is 1. The number of hydrogen-bond donors (Lipinski definition) is 1. The van der Waals surface area contributed by atoms with E-state index in [9.17, 15) is 13.6 Å². The molecule has 130 valence electrons. The van der Waals surface area contributed by atoms with Gasteiger partial charge in [-0.15, -0.1) is 0 Å². The Kier molecular flexibility index (Phi) is 4.50. The van der Waals surface area contributed by atoms with Gasteiger partial charge in [0.1, 0.15) is 11.6 Å². The van der Waals surface area contributed by atoms with Crippen LogP contribution in [0.3, 0.4) is 0 Å². The first-order chi connectivity index (χ1) is 11.8. The molecule has 5 nitrogen and oxygen atoms in total. The Balaban J connectivity index is 1.77. The second-order valence-corrected chi connectivity index (χ2v) is 6.00. The average Bonchev–Trinajstić information content (AvgIpc) is 2.93. The molecule has 0 unspecified atom stereocenters. The van der Waals surface area contributed by atoms with Gasteiger partial charge in [-0.2, -0.15) is 5.10 Å². The summed E-state index contributed by atoms with van der Waals surface area (Å²) in [7, 11) is 3.46. The predicted molar refractivity (Wildman–Crippen MR) is 92.2 cm³/mol. The summed E-state index contributed by atoms with van der Waals surface area (Å²) in [6.07, 6.45) is 1.76. The fraction of sp³-hybridized carbons (Fsp3) is 0.222. The van der Waals surface area contributed by atoms with Gasteiger partial charge in [-0.1, -0.05) is 0 Å². The fourth-order valence-electron chi connectivity index (χ4n) is 2.81. The van der Waals surface area contributed by atoms with Gasteiger partial charge in [-0.05, 0) is 42.3 Å². The lowest BCUT2D eigenvalue weighted by molar-refractivity contribution is -0.119. The molecule has 2 N–H and O–H groups in total. The number of nitrogens with two attached hydrogens (primary N) is 1. The Bertz CT molecular complexity index is 918. The van der Waals surface area contributed by atoms with Crippen molar-refractivity contribution in [2.24, 2.45) is 12.8 Å². The van der Waals surface area contributed by atoms with Crippen molar-refractivity contribution in [3.05, 3.63) is 59.8 Å². The van der Waals surface area contributed by atoms with Crippen LogP contribution in [0.5, 0.6) is 0 Å². The third-order valence-corrected chi connectivity index (χ3v) is 4.14. The number of aryl methyl sites for hydroxylation is 1. The average molecular weight is 344 g/mol. The van der Waals surface area contributed by atoms with Gasteiger partial charge in [0.15, 0.2) is 0 Å². The number of rotatable bonds is 4. The van der Waals surface area contributed by atoms with Crippen LogP contribution in [0.2, 0.25) is 0 Å². The maximum atomic E-state index is 13.3. The highest BCUT2D eigenvalue weighted by Gasteiger charge is 2.20. The molecule has 0 spiro atoms. The van der Waals surface area contributed by atoms with Crippen molar-refractivity contribution < 1.29 is 13.6 Å². The molecule has 1 aromatic heterocycles. The molecule has 0 aliphatic carbocycles. The summed E-state index contributed by atoms with van der Waals surface area (Å²) in [5.74, 6) is -1.72. The molecule has 0 aliphatic rings. The number of benzene rings is 2. The lowest BCUT2D eigenvalue weighted by Crippen LogP contribution is -2.43. The predicted octanol–water partition coefficient (Wildman–Crippen LogP) is 2.38. The summed E-state index contributed by atoms with van der Waals surface area (Å²) in [6, 6.07) is 7.75. The molecule has 3 rings (SSSR count). The largest absolute Gasteiger partial charge is 0.320 e. The highest BCUT2D eigenvalue weighted by molar-refractivity contribution is 5.98. The minimum absolute atomic E-state index is 0.0486. The van der Waals surface area contributed by atoms with Crippen LogP contribution in [0.15, 0.2) is 42.6 Å². The first-order valence-electron chi connectivity index (χ1n) is 7.75. The SMILES string of the molecule is CN(C(=O)[C@@H](N)Cc1cc(F)cc(F)c1)c1ccc2c(cnn2C)c1. The number of amides is 1. The molecule has 2 aromatic carbocycles. The topological polar surface area (TPSA) is 64.2 Å². The number of hydrogen-bond acceptors (Lipinski definition) is 3. The summed E-state index contributed by atoms with van der Waals surface area (Å²) in [5.41, 5.74) is 7.91. The fourth-order valence-corrected chi connectivity index (χ4v) is 2.81. The van der Waals surface area contributed by atoms with Gasteiger partial charge in [-0.25, -0.2) is 8.78 Å². The molecule has 0 saturated carbocycles. The number of aromatic nitrogens is 2. The lowest BCUT2D eigenvalue weighted by atomic mass is 10.0. The van der Waals surface area contributed by atoms with Crippen molar-refractivity contribution in [3.63, 3.8) is 0 Å². The summed E-state index contributed by atoms with van der Waals surface area (Å²) >= 11 is 0. The zero-order chi connectivity index (χ0) is 18.1. The van der Waals surface area contributed by atoms with E-state index < -0.39 is 17.7 Å². The van der Waals surface area contributed by atoms with Crippen molar-refractivity contribution in [1.29, 1.82) is 0 Å². The minimum atomic E-state index is -0.907. The first kappa shape index (κ1) is 17.0. The maximum Gasteiger partial charge on any atom is 0.243 e. The van der Waals surface area contributed by atoms with Gasteiger partial charge in [0, 0.05) is 31.2 Å². The van der Waals surface area contributed by atoms with E-state index >= 15 is 0 Å². The summed E-state index contributed by atoms with van der Waals surface area (Å²) in [4.78, 5) is 14.0. The van der Waals surface area contributed by atoms with Gasteiger partial charge in [0.25, 0.3) is 0 Å². The quantitative estimate of drug-likeness (QED) is 0.790. The molecule has 3 aromatic rings. The van der Waals surface area contributed by atoms with E-state index in [1.54, 1.807) is 24.0 Å². The number of anilines is 1. The number of likely N-dealkylation sites (N-methyl/N-ethyl adjacent to an activating group) is 1. The zero-order valence-electron chi connectivity index (χ0n) is 13.9. The van der Waals surface area contributed by atoms with Crippen molar-refractivity contribution in [3.8, 4) is 0 Å². The van der Waals surface area contributed by atoms with Crippen LogP contribution in [0, 0.1) is 11.6 Å². The van der Waals surface area contributed by atoms with Gasteiger partial charge in [-0.3, -0.25) is 9.48 Å². The Morgan fingerprint density at radius 3 is 2.60 bits per heavy atom. The smallest absolute Gasteiger partial charge is 0.243 e. The van der Waals surface area contributed by atoms with Gasteiger partial charge >= 0.3 is 0 Å². The Morgan fingerprint density at radius 1 is 1.24 bits per heavy atom. The molecule has 1 heterocycles. The molecular weight excluding hydrogens is 326 g/mol. The number of carbonyl (C=O) groups excluding carboxylic acids is 1. The van der Waals surface area contributed by atoms with Gasteiger partial charge < -0.3 is 10.6 Å². The van der Waals surface area contributed by atoms with Crippen LogP contribution in [-0.2, 0) is 18.3 Å². The number of halogens is 2. The molecule has 0 aliphatic heterocycles. The number of carbonyl (C=O) groups is 1. The highest BCUT2D eigenvalue weighted by Crippen LogP contribution is 2.21. The van der Waals surface area contributed by atoms with Crippen LogP contribution in [-0.4, -0.2) is 28.8 Å². The van der Waals surface area contributed by atoms with E-state index in [1.807, 2.05) is 19.2 Å². The maximum absolute atomic E-state index is 13.3. The van der Waals surface area contributed by atoms with E-state index in [0.717, 1.165) is 17.0 Å². The minimum Gasteiger partial charge on any atom is -0.320 e. The Labute approximate surface area is 143 Å². The second-order valence-electron chi connectivity index (χ2n) is 6.00. The second kappa shape index (κ2) is 6.60. The van der Waals surface area contributed by atoms with Crippen molar-refractivity contribution in [2.45, 2.75) is 12.5 Å². The van der Waals surface area contributed by atoms with E-state index in [0.29, 0.717) is 11.3 Å². The van der Waals surface area contributed by atoms with Crippen molar-refractivity contribution in [1.82, 2.24) is 9.78 Å². The van der Waals surface area contributed by atoms with Crippen LogP contribution in [0.1, 0.15) is 5.56 Å². The summed E-state index contributed by atoms with van der Waals surface area (Å²) < 4.78 is 28.3. The van der Waals surface area contributed by atoms with Crippen LogP contribution >= 0.6 is 0 Å². The Morgan fingerprint density at radius 2 is 1.92 bits per heavy atom. The van der Waals surface area contributed by atoms with Gasteiger partial charge in [0.05, 0.1) is 17.8 Å². The normalized spacial score (nSPS) is 12.4. The van der Waals surface area contributed by atoms with Crippen molar-refractivity contribution in [2.75, 3.05) is 11.9 Å². The van der Waals surface area contributed by atoms with Gasteiger partial charge in [0.2, 0.25) is 5.91 Å². The molecule has 25 heavy (non-hydrogen) atoms. The molecule has 7 heteroatoms. The van der Waals surface area contributed by atoms with E-state index in [1.165, 1.54) is 17.0 Å². The monoisotopic (exact) mass is 344 g/mol. The Hall–Kier alpha value is -2.80. The van der Waals surface area contributed by atoms with E-state index in [-0.39, 0.29) is 12.3 Å². The molecule has 0 bridgehead atoms. The molecule has 1 amide bonds. The molecule has 0 radical (unpaired) electrons. The summed E-state index contributed by atoms with van der Waals surface area (Å²) in [5, 5.41) is 5.07. The zero-order valence-corrected chi connectivity index (χ0v) is 13.9. The van der Waals surface area contributed by atoms with Crippen LogP contribution < -0.4 is 10.6 Å². The molecule has 1 atom stereocenters. The van der Waals surface area contributed by atoms with E-state index in [4.69, 9.17) is 5.73 Å². The third-order valence-electron chi connectivity index (χ3n) is 4.14. The molecule has 0 fully saturated rings. The first-order valence-corrected chi connectivity index (χ1v) is 7.75. The highest BCUT2D eigenvalue weighted by atomic mass is 19.1. The standard InChI is InChI=1S/C18H18F2N4O/c1-23(15-3-4-17-12(8-15)10-22-24(17)2)18(25)16(21)7-11-5-13(19)9-14(20)6-11/h3-6,8-10,16H,7,21H2,1-2H3/t16-/m0/s1. The third kappa shape index (κ3) is 3.51. The van der Waals surface area contributed by atoms with Crippen molar-refractivity contribution >= 4 is 22.5 Å². The molecule has 0 saturated heterocycles. The molecular formula is C18H18F2N4O.